The maximum atomic E-state index is 14.4. The molecular weight excluding hydrogens is 477 g/mol. The Kier molecular flexibility index (Phi) is 9.88. The van der Waals surface area contributed by atoms with Gasteiger partial charge in [-0.1, -0.05) is 25.1 Å². The van der Waals surface area contributed by atoms with Crippen molar-refractivity contribution in [3.8, 4) is 11.5 Å². The Morgan fingerprint density at radius 2 is 1.80 bits per heavy atom. The number of carbonyl (C=O) groups is 2. The summed E-state index contributed by atoms with van der Waals surface area (Å²) < 4.78 is 51.2. The van der Waals surface area contributed by atoms with E-state index in [1.807, 2.05) is 6.92 Å². The maximum absolute atomic E-state index is 14.4. The Labute approximate surface area is 205 Å². The van der Waals surface area contributed by atoms with Gasteiger partial charge in [-0.25, -0.2) is 12.8 Å². The van der Waals surface area contributed by atoms with Gasteiger partial charge in [0.25, 0.3) is 0 Å². The number of nitrogens with one attached hydrogen (secondary N) is 1. The number of halogens is 1. The molecule has 0 spiro atoms. The van der Waals surface area contributed by atoms with Crippen molar-refractivity contribution in [2.45, 2.75) is 32.9 Å². The molecule has 1 atom stereocenters. The SMILES string of the molecule is CCCNC(=O)C(C)N(Cc1ccccc1F)C(=O)CN(c1ccc(OC)cc1OC)S(C)(=O)=O. The first-order chi connectivity index (χ1) is 16.5. The molecular formula is C24H32FN3O6S. The topological polar surface area (TPSA) is 105 Å². The summed E-state index contributed by atoms with van der Waals surface area (Å²) >= 11 is 0. The summed E-state index contributed by atoms with van der Waals surface area (Å²) in [6.45, 7) is 2.97. The third-order valence-corrected chi connectivity index (χ3v) is 6.48. The van der Waals surface area contributed by atoms with Crippen molar-refractivity contribution in [2.24, 2.45) is 0 Å². The lowest BCUT2D eigenvalue weighted by atomic mass is 10.1. The minimum absolute atomic E-state index is 0.123. The number of hydrogen-bond donors (Lipinski definition) is 1. The molecule has 0 radical (unpaired) electrons. The van der Waals surface area contributed by atoms with Crippen LogP contribution in [0.5, 0.6) is 11.5 Å². The average molecular weight is 510 g/mol. The van der Waals surface area contributed by atoms with E-state index in [0.717, 1.165) is 15.5 Å². The monoisotopic (exact) mass is 509 g/mol. The second-order valence-corrected chi connectivity index (χ2v) is 9.79. The highest BCUT2D eigenvalue weighted by atomic mass is 32.2. The predicted octanol–water partition coefficient (Wildman–Crippen LogP) is 2.55. The Hall–Kier alpha value is -3.34. The van der Waals surface area contributed by atoms with Crippen molar-refractivity contribution in [1.82, 2.24) is 10.2 Å². The van der Waals surface area contributed by atoms with Crippen LogP contribution >= 0.6 is 0 Å². The van der Waals surface area contributed by atoms with Gasteiger partial charge in [0.1, 0.15) is 29.9 Å². The standard InChI is InChI=1S/C24H32FN3O6S/c1-6-13-26-24(30)17(2)27(15-18-9-7-8-10-20(18)25)23(29)16-28(35(5,31)32)21-12-11-19(33-3)14-22(21)34-4/h7-12,14,17H,6,13,15-16H2,1-5H3,(H,26,30). The van der Waals surface area contributed by atoms with Gasteiger partial charge in [-0.05, 0) is 31.5 Å². The van der Waals surface area contributed by atoms with Crippen LogP contribution in [0.2, 0.25) is 0 Å². The highest BCUT2D eigenvalue weighted by molar-refractivity contribution is 7.92. The average Bonchev–Trinajstić information content (AvgIpc) is 2.83. The summed E-state index contributed by atoms with van der Waals surface area (Å²) in [5.41, 5.74) is 0.321. The van der Waals surface area contributed by atoms with E-state index in [4.69, 9.17) is 9.47 Å². The Bertz CT molecular complexity index is 1140. The zero-order valence-electron chi connectivity index (χ0n) is 20.6. The molecule has 0 saturated heterocycles. The van der Waals surface area contributed by atoms with Crippen LogP contribution in [-0.2, 0) is 26.2 Å². The quantitative estimate of drug-likeness (QED) is 0.472. The molecule has 0 fully saturated rings. The van der Waals surface area contributed by atoms with Crippen LogP contribution in [0.15, 0.2) is 42.5 Å². The summed E-state index contributed by atoms with van der Waals surface area (Å²) in [5.74, 6) is -1.03. The van der Waals surface area contributed by atoms with E-state index >= 15 is 0 Å². The molecule has 2 amide bonds. The first-order valence-electron chi connectivity index (χ1n) is 11.0. The van der Waals surface area contributed by atoms with Crippen molar-refractivity contribution < 1.29 is 31.9 Å². The maximum Gasteiger partial charge on any atom is 0.244 e. The molecule has 192 valence electrons. The van der Waals surface area contributed by atoms with E-state index in [2.05, 4.69) is 5.32 Å². The number of methoxy groups -OCH3 is 2. The Morgan fingerprint density at radius 3 is 2.37 bits per heavy atom. The zero-order valence-corrected chi connectivity index (χ0v) is 21.4. The van der Waals surface area contributed by atoms with Crippen molar-refractivity contribution in [1.29, 1.82) is 0 Å². The van der Waals surface area contributed by atoms with Crippen LogP contribution in [0.25, 0.3) is 0 Å². The molecule has 35 heavy (non-hydrogen) atoms. The number of nitrogens with zero attached hydrogens (tertiary/aromatic N) is 2. The number of carbonyl (C=O) groups excluding carboxylic acids is 2. The minimum Gasteiger partial charge on any atom is -0.497 e. The number of amides is 2. The molecule has 0 aliphatic rings. The molecule has 0 aliphatic carbocycles. The zero-order chi connectivity index (χ0) is 26.2. The van der Waals surface area contributed by atoms with E-state index in [1.165, 1.54) is 51.5 Å². The molecule has 0 heterocycles. The van der Waals surface area contributed by atoms with Crippen LogP contribution < -0.4 is 19.1 Å². The van der Waals surface area contributed by atoms with Gasteiger partial charge in [-0.2, -0.15) is 0 Å². The van der Waals surface area contributed by atoms with Crippen LogP contribution in [0.1, 0.15) is 25.8 Å². The smallest absolute Gasteiger partial charge is 0.244 e. The molecule has 2 rings (SSSR count). The van der Waals surface area contributed by atoms with Gasteiger partial charge < -0.3 is 19.7 Å². The van der Waals surface area contributed by atoms with E-state index in [9.17, 15) is 22.4 Å². The van der Waals surface area contributed by atoms with Gasteiger partial charge in [0.05, 0.1) is 26.2 Å². The predicted molar refractivity (Wildman–Crippen MR) is 131 cm³/mol. The van der Waals surface area contributed by atoms with Crippen molar-refractivity contribution in [3.05, 3.63) is 53.8 Å². The summed E-state index contributed by atoms with van der Waals surface area (Å²) in [4.78, 5) is 27.3. The van der Waals surface area contributed by atoms with Gasteiger partial charge in [0.15, 0.2) is 0 Å². The second-order valence-electron chi connectivity index (χ2n) is 7.89. The normalized spacial score (nSPS) is 11.9. The fourth-order valence-electron chi connectivity index (χ4n) is 3.37. The number of ether oxygens (including phenoxy) is 2. The third kappa shape index (κ3) is 7.32. The number of sulfonamides is 1. The van der Waals surface area contributed by atoms with Crippen LogP contribution in [0.3, 0.4) is 0 Å². The molecule has 9 nitrogen and oxygen atoms in total. The molecule has 11 heteroatoms. The lowest BCUT2D eigenvalue weighted by Crippen LogP contribution is -2.51. The molecule has 1 N–H and O–H groups in total. The molecule has 0 aromatic heterocycles. The summed E-state index contributed by atoms with van der Waals surface area (Å²) in [7, 11) is -1.13. The first kappa shape index (κ1) is 27.9. The number of benzene rings is 2. The van der Waals surface area contributed by atoms with E-state index in [0.29, 0.717) is 18.7 Å². The van der Waals surface area contributed by atoms with Crippen LogP contribution in [0.4, 0.5) is 10.1 Å². The summed E-state index contributed by atoms with van der Waals surface area (Å²) in [6.07, 6.45) is 1.65. The molecule has 0 aliphatic heterocycles. The van der Waals surface area contributed by atoms with E-state index in [1.54, 1.807) is 12.1 Å². The van der Waals surface area contributed by atoms with Gasteiger partial charge >= 0.3 is 0 Å². The van der Waals surface area contributed by atoms with Gasteiger partial charge in [-0.3, -0.25) is 13.9 Å². The molecule has 2 aromatic rings. The van der Waals surface area contributed by atoms with Gasteiger partial charge in [-0.15, -0.1) is 0 Å². The highest BCUT2D eigenvalue weighted by Crippen LogP contribution is 2.33. The summed E-state index contributed by atoms with van der Waals surface area (Å²) in [6, 6.07) is 9.42. The second kappa shape index (κ2) is 12.4. The first-order valence-corrected chi connectivity index (χ1v) is 12.9. The van der Waals surface area contributed by atoms with Gasteiger partial charge in [0, 0.05) is 24.7 Å². The lowest BCUT2D eigenvalue weighted by molar-refractivity contribution is -0.139. The lowest BCUT2D eigenvalue weighted by Gasteiger charge is -2.32. The Morgan fingerprint density at radius 1 is 1.11 bits per heavy atom. The number of rotatable bonds is 12. The van der Waals surface area contributed by atoms with Crippen LogP contribution in [0, 0.1) is 5.82 Å². The van der Waals surface area contributed by atoms with Crippen LogP contribution in [-0.4, -0.2) is 64.7 Å². The van der Waals surface area contributed by atoms with E-state index in [-0.39, 0.29) is 23.5 Å². The third-order valence-electron chi connectivity index (χ3n) is 5.35. The summed E-state index contributed by atoms with van der Waals surface area (Å²) in [5, 5.41) is 2.72. The Balaban J connectivity index is 2.46. The highest BCUT2D eigenvalue weighted by Gasteiger charge is 2.31. The fraction of sp³-hybridized carbons (Fsp3) is 0.417. The van der Waals surface area contributed by atoms with Crippen molar-refractivity contribution in [3.63, 3.8) is 0 Å². The van der Waals surface area contributed by atoms with Crippen molar-refractivity contribution >= 4 is 27.5 Å². The molecule has 0 bridgehead atoms. The number of anilines is 1. The fourth-order valence-corrected chi connectivity index (χ4v) is 4.23. The number of hydrogen-bond acceptors (Lipinski definition) is 6. The van der Waals surface area contributed by atoms with E-state index < -0.39 is 40.2 Å². The van der Waals surface area contributed by atoms with Gasteiger partial charge in [0.2, 0.25) is 21.8 Å². The largest absolute Gasteiger partial charge is 0.497 e. The molecule has 2 aromatic carbocycles. The van der Waals surface area contributed by atoms with Crippen molar-refractivity contribution in [2.75, 3.05) is 37.9 Å². The molecule has 1 unspecified atom stereocenters. The molecule has 0 saturated carbocycles. The minimum atomic E-state index is -3.95.